The smallest absolute Gasteiger partial charge is 0.252 e. The minimum absolute atomic E-state index is 0.162. The van der Waals surface area contributed by atoms with Gasteiger partial charge in [-0.2, -0.15) is 4.31 Å². The molecule has 3 rings (SSSR count). The van der Waals surface area contributed by atoms with Crippen molar-refractivity contribution in [2.45, 2.75) is 30.9 Å². The Kier molecular flexibility index (Phi) is 6.17. The van der Waals surface area contributed by atoms with Crippen LogP contribution in [0.2, 0.25) is 0 Å². The number of anilines is 2. The lowest BCUT2D eigenvalue weighted by Crippen LogP contribution is -2.41. The first-order valence-electron chi connectivity index (χ1n) is 9.00. The summed E-state index contributed by atoms with van der Waals surface area (Å²) in [6.45, 7) is 3.94. The number of amides is 2. The Morgan fingerprint density at radius 3 is 2.43 bits per heavy atom. The molecule has 2 heterocycles. The van der Waals surface area contributed by atoms with E-state index < -0.39 is 10.0 Å². The van der Waals surface area contributed by atoms with Gasteiger partial charge < -0.3 is 10.6 Å². The maximum atomic E-state index is 12.7. The molecule has 1 aliphatic heterocycles. The zero-order chi connectivity index (χ0) is 20.3. The molecule has 0 bridgehead atoms. The first-order chi connectivity index (χ1) is 13.3. The maximum Gasteiger partial charge on any atom is 0.252 e. The van der Waals surface area contributed by atoms with E-state index in [1.54, 1.807) is 29.6 Å². The summed E-state index contributed by atoms with van der Waals surface area (Å²) in [6.07, 6.45) is 0.912. The van der Waals surface area contributed by atoms with Gasteiger partial charge in [-0.25, -0.2) is 8.42 Å². The molecule has 28 heavy (non-hydrogen) atoms. The van der Waals surface area contributed by atoms with Crippen LogP contribution in [0.15, 0.2) is 39.9 Å². The summed E-state index contributed by atoms with van der Waals surface area (Å²) in [4.78, 5) is 24.1. The van der Waals surface area contributed by atoms with Crippen molar-refractivity contribution in [2.24, 2.45) is 5.92 Å². The lowest BCUT2D eigenvalue weighted by atomic mass is 9.97. The van der Waals surface area contributed by atoms with E-state index >= 15 is 0 Å². The summed E-state index contributed by atoms with van der Waals surface area (Å²) in [5.74, 6) is -0.655. The van der Waals surface area contributed by atoms with Gasteiger partial charge in [0.2, 0.25) is 11.8 Å². The molecule has 0 saturated carbocycles. The maximum absolute atomic E-state index is 12.7. The minimum atomic E-state index is -3.48. The van der Waals surface area contributed by atoms with E-state index in [0.717, 1.165) is 5.56 Å². The number of aryl methyl sites for hydroxylation is 1. The van der Waals surface area contributed by atoms with Crippen molar-refractivity contribution in [1.29, 1.82) is 0 Å². The van der Waals surface area contributed by atoms with Gasteiger partial charge in [-0.3, -0.25) is 9.59 Å². The van der Waals surface area contributed by atoms with E-state index in [2.05, 4.69) is 10.6 Å². The molecular weight excluding hydrogens is 398 g/mol. The molecule has 0 spiro atoms. The predicted molar refractivity (Wildman–Crippen MR) is 110 cm³/mol. The van der Waals surface area contributed by atoms with Gasteiger partial charge in [0.1, 0.15) is 4.21 Å². The molecule has 9 heteroatoms. The van der Waals surface area contributed by atoms with Gasteiger partial charge in [0.05, 0.1) is 11.4 Å². The van der Waals surface area contributed by atoms with E-state index in [4.69, 9.17) is 0 Å². The molecule has 1 saturated heterocycles. The number of hydrogen-bond acceptors (Lipinski definition) is 5. The topological polar surface area (TPSA) is 95.6 Å². The second kappa shape index (κ2) is 8.42. The van der Waals surface area contributed by atoms with E-state index in [9.17, 15) is 18.0 Å². The third kappa shape index (κ3) is 4.60. The Bertz CT molecular complexity index is 963. The summed E-state index contributed by atoms with van der Waals surface area (Å²) in [5, 5.41) is 7.34. The highest BCUT2D eigenvalue weighted by Gasteiger charge is 2.32. The van der Waals surface area contributed by atoms with E-state index in [-0.39, 0.29) is 17.7 Å². The Morgan fingerprint density at radius 2 is 1.82 bits per heavy atom. The van der Waals surface area contributed by atoms with Gasteiger partial charge in [0.25, 0.3) is 10.0 Å². The van der Waals surface area contributed by atoms with Crippen LogP contribution in [0.25, 0.3) is 0 Å². The molecule has 1 fully saturated rings. The number of carbonyl (C=O) groups excluding carboxylic acids is 2. The van der Waals surface area contributed by atoms with Crippen LogP contribution in [0, 0.1) is 12.8 Å². The monoisotopic (exact) mass is 421 g/mol. The van der Waals surface area contributed by atoms with Crippen LogP contribution in [0.1, 0.15) is 25.3 Å². The average molecular weight is 422 g/mol. The molecule has 1 aromatic heterocycles. The van der Waals surface area contributed by atoms with Crippen molar-refractivity contribution in [3.05, 3.63) is 41.3 Å². The molecule has 0 aliphatic carbocycles. The Hall–Kier alpha value is -2.23. The molecule has 2 aromatic rings. The summed E-state index contributed by atoms with van der Waals surface area (Å²) < 4.78 is 27.0. The van der Waals surface area contributed by atoms with Crippen LogP contribution in [-0.2, 0) is 19.6 Å². The number of hydrogen-bond donors (Lipinski definition) is 2. The molecule has 0 atom stereocenters. The first-order valence-corrected chi connectivity index (χ1v) is 11.3. The first kappa shape index (κ1) is 20.5. The van der Waals surface area contributed by atoms with Gasteiger partial charge in [-0.15, -0.1) is 11.3 Å². The van der Waals surface area contributed by atoms with Crippen molar-refractivity contribution in [3.8, 4) is 0 Å². The number of nitrogens with one attached hydrogen (secondary N) is 2. The van der Waals surface area contributed by atoms with Gasteiger partial charge in [0, 0.05) is 25.9 Å². The van der Waals surface area contributed by atoms with Crippen LogP contribution in [-0.4, -0.2) is 37.6 Å². The third-order valence-corrected chi connectivity index (χ3v) is 7.93. The third-order valence-electron chi connectivity index (χ3n) is 4.66. The molecule has 2 amide bonds. The Morgan fingerprint density at radius 1 is 1.11 bits per heavy atom. The summed E-state index contributed by atoms with van der Waals surface area (Å²) >= 11 is 1.20. The Labute approximate surface area is 168 Å². The standard InChI is InChI=1S/C19H23N3O4S2/c1-13-5-6-16(20-14(2)23)17(12-13)21-19(24)15-7-9-22(10-8-15)28(25,26)18-4-3-11-27-18/h3-6,11-12,15H,7-10H2,1-2H3,(H,20,23)(H,21,24). The highest BCUT2D eigenvalue weighted by Crippen LogP contribution is 2.28. The Balaban J connectivity index is 1.65. The van der Waals surface area contributed by atoms with Crippen molar-refractivity contribution in [3.63, 3.8) is 0 Å². The van der Waals surface area contributed by atoms with Gasteiger partial charge >= 0.3 is 0 Å². The number of piperidine rings is 1. The molecule has 0 unspecified atom stereocenters. The highest BCUT2D eigenvalue weighted by atomic mass is 32.2. The van der Waals surface area contributed by atoms with Crippen LogP contribution in [0.5, 0.6) is 0 Å². The SMILES string of the molecule is CC(=O)Nc1ccc(C)cc1NC(=O)C1CCN(S(=O)(=O)c2cccs2)CC1. The quantitative estimate of drug-likeness (QED) is 0.776. The van der Waals surface area contributed by atoms with Crippen LogP contribution in [0.4, 0.5) is 11.4 Å². The molecule has 2 N–H and O–H groups in total. The number of carbonyl (C=O) groups is 2. The highest BCUT2D eigenvalue weighted by molar-refractivity contribution is 7.91. The summed E-state index contributed by atoms with van der Waals surface area (Å²) in [6, 6.07) is 8.73. The lowest BCUT2D eigenvalue weighted by Gasteiger charge is -2.30. The number of sulfonamides is 1. The van der Waals surface area contributed by atoms with Crippen molar-refractivity contribution in [1.82, 2.24) is 4.31 Å². The normalized spacial score (nSPS) is 15.9. The average Bonchev–Trinajstić information content (AvgIpc) is 3.19. The zero-order valence-corrected chi connectivity index (χ0v) is 17.4. The van der Waals surface area contributed by atoms with Crippen molar-refractivity contribution in [2.75, 3.05) is 23.7 Å². The molecule has 7 nitrogen and oxygen atoms in total. The predicted octanol–water partition coefficient (Wildman–Crippen LogP) is 3.05. The van der Waals surface area contributed by atoms with E-state index in [1.165, 1.54) is 22.6 Å². The number of benzene rings is 1. The van der Waals surface area contributed by atoms with Gasteiger partial charge in [-0.05, 0) is 48.9 Å². The number of thiophene rings is 1. The van der Waals surface area contributed by atoms with Gasteiger partial charge in [0.15, 0.2) is 0 Å². The zero-order valence-electron chi connectivity index (χ0n) is 15.8. The van der Waals surface area contributed by atoms with Crippen LogP contribution >= 0.6 is 11.3 Å². The van der Waals surface area contributed by atoms with E-state index in [0.29, 0.717) is 41.5 Å². The summed E-state index contributed by atoms with van der Waals surface area (Å²) in [7, 11) is -3.48. The second-order valence-electron chi connectivity index (χ2n) is 6.83. The lowest BCUT2D eigenvalue weighted by molar-refractivity contribution is -0.121. The molecule has 0 radical (unpaired) electrons. The minimum Gasteiger partial charge on any atom is -0.325 e. The van der Waals surface area contributed by atoms with Crippen molar-refractivity contribution >= 4 is 44.5 Å². The fourth-order valence-corrected chi connectivity index (χ4v) is 5.81. The molecule has 1 aliphatic rings. The molecule has 1 aromatic carbocycles. The largest absolute Gasteiger partial charge is 0.325 e. The number of rotatable bonds is 5. The molecule has 150 valence electrons. The fourth-order valence-electron chi connectivity index (χ4n) is 3.19. The second-order valence-corrected chi connectivity index (χ2v) is 9.94. The number of nitrogens with zero attached hydrogens (tertiary/aromatic N) is 1. The van der Waals surface area contributed by atoms with Gasteiger partial charge in [-0.1, -0.05) is 12.1 Å². The molecular formula is C19H23N3O4S2. The van der Waals surface area contributed by atoms with Crippen molar-refractivity contribution < 1.29 is 18.0 Å². The van der Waals surface area contributed by atoms with E-state index in [1.807, 2.05) is 13.0 Å². The fraction of sp³-hybridized carbons (Fsp3) is 0.368. The van der Waals surface area contributed by atoms with Crippen LogP contribution in [0.3, 0.4) is 0 Å². The summed E-state index contributed by atoms with van der Waals surface area (Å²) in [5.41, 5.74) is 2.05. The van der Waals surface area contributed by atoms with Crippen LogP contribution < -0.4 is 10.6 Å².